The fraction of sp³-hybridized carbons (Fsp3) is 0.250. The summed E-state index contributed by atoms with van der Waals surface area (Å²) in [4.78, 5) is 13.5. The smallest absolute Gasteiger partial charge is 0.223 e. The molecular formula is C20H19Cl2N7O. The molecule has 0 radical (unpaired) electrons. The Kier molecular flexibility index (Phi) is 4.98. The predicted molar refractivity (Wildman–Crippen MR) is 117 cm³/mol. The Bertz CT molecular complexity index is 1180. The maximum Gasteiger partial charge on any atom is 0.223 e. The van der Waals surface area contributed by atoms with E-state index in [1.165, 1.54) is 0 Å². The van der Waals surface area contributed by atoms with Crippen LogP contribution in [0.4, 0.5) is 11.6 Å². The third-order valence-corrected chi connectivity index (χ3v) is 6.05. The molecular weight excluding hydrogens is 425 g/mol. The number of furan rings is 1. The largest absolute Gasteiger partial charge is 0.461 e. The molecule has 5 rings (SSSR count). The third-order valence-electron chi connectivity index (χ3n) is 5.24. The normalized spacial score (nSPS) is 15.2. The zero-order valence-corrected chi connectivity index (χ0v) is 17.5. The summed E-state index contributed by atoms with van der Waals surface area (Å²) in [5.74, 6) is 1.37. The number of halogens is 2. The van der Waals surface area contributed by atoms with E-state index in [0.29, 0.717) is 39.8 Å². The van der Waals surface area contributed by atoms with Gasteiger partial charge in [0.1, 0.15) is 0 Å². The van der Waals surface area contributed by atoms with E-state index in [1.807, 2.05) is 18.2 Å². The molecule has 4 heterocycles. The molecule has 4 aromatic rings. The zero-order chi connectivity index (χ0) is 20.7. The number of nitrogens with zero attached hydrogens (tertiary/aromatic N) is 6. The van der Waals surface area contributed by atoms with E-state index >= 15 is 0 Å². The van der Waals surface area contributed by atoms with Gasteiger partial charge in [-0.3, -0.25) is 4.90 Å². The maximum atomic E-state index is 6.38. The van der Waals surface area contributed by atoms with Gasteiger partial charge in [-0.05, 0) is 24.3 Å². The van der Waals surface area contributed by atoms with Crippen LogP contribution in [0.25, 0.3) is 17.2 Å². The van der Waals surface area contributed by atoms with Crippen molar-refractivity contribution in [1.82, 2.24) is 24.5 Å². The van der Waals surface area contributed by atoms with Gasteiger partial charge in [-0.15, -0.1) is 5.10 Å². The summed E-state index contributed by atoms with van der Waals surface area (Å²) in [6.07, 6.45) is 3.36. The minimum Gasteiger partial charge on any atom is -0.461 e. The number of nitrogens with two attached hydrogens (primary N) is 1. The molecule has 1 aromatic carbocycles. The summed E-state index contributed by atoms with van der Waals surface area (Å²) < 4.78 is 6.98. The van der Waals surface area contributed by atoms with Gasteiger partial charge < -0.3 is 15.1 Å². The van der Waals surface area contributed by atoms with E-state index in [4.69, 9.17) is 33.4 Å². The van der Waals surface area contributed by atoms with E-state index < -0.39 is 0 Å². The number of hydrogen-bond acceptors (Lipinski definition) is 7. The van der Waals surface area contributed by atoms with Crippen molar-refractivity contribution in [2.45, 2.75) is 6.54 Å². The molecule has 30 heavy (non-hydrogen) atoms. The number of piperazine rings is 1. The number of hydrogen-bond donors (Lipinski definition) is 1. The van der Waals surface area contributed by atoms with Gasteiger partial charge in [0.25, 0.3) is 0 Å². The van der Waals surface area contributed by atoms with E-state index in [2.05, 4.69) is 24.9 Å². The molecule has 0 spiro atoms. The Morgan fingerprint density at radius 3 is 2.67 bits per heavy atom. The van der Waals surface area contributed by atoms with Crippen LogP contribution in [0.2, 0.25) is 10.0 Å². The molecule has 0 aliphatic carbocycles. The number of fused-ring (bicyclic) bond motifs is 1. The Hall–Kier alpha value is -2.81. The summed E-state index contributed by atoms with van der Waals surface area (Å²) in [5, 5.41) is 5.63. The highest BCUT2D eigenvalue weighted by Crippen LogP contribution is 2.33. The van der Waals surface area contributed by atoms with Crippen LogP contribution in [-0.4, -0.2) is 50.7 Å². The highest BCUT2D eigenvalue weighted by Gasteiger charge is 2.22. The van der Waals surface area contributed by atoms with Crippen LogP contribution < -0.4 is 10.6 Å². The highest BCUT2D eigenvalue weighted by molar-refractivity contribution is 6.43. The van der Waals surface area contributed by atoms with Crippen molar-refractivity contribution in [1.29, 1.82) is 0 Å². The average molecular weight is 444 g/mol. The lowest BCUT2D eigenvalue weighted by atomic mass is 10.2. The summed E-state index contributed by atoms with van der Waals surface area (Å²) in [7, 11) is 0. The lowest BCUT2D eigenvalue weighted by Gasteiger charge is -2.36. The van der Waals surface area contributed by atoms with Crippen molar-refractivity contribution in [3.05, 3.63) is 58.4 Å². The Balaban J connectivity index is 1.34. The molecule has 1 aliphatic heterocycles. The first-order valence-corrected chi connectivity index (χ1v) is 10.3. The summed E-state index contributed by atoms with van der Waals surface area (Å²) in [5.41, 5.74) is 8.63. The van der Waals surface area contributed by atoms with Gasteiger partial charge in [0.15, 0.2) is 11.4 Å². The Morgan fingerprint density at radius 2 is 1.90 bits per heavy atom. The maximum absolute atomic E-state index is 6.38. The quantitative estimate of drug-likeness (QED) is 0.515. The van der Waals surface area contributed by atoms with Crippen LogP contribution in [0.3, 0.4) is 0 Å². The number of nitrogen functional groups attached to an aromatic ring is 1. The minimum atomic E-state index is 0.291. The van der Waals surface area contributed by atoms with E-state index in [0.717, 1.165) is 37.4 Å². The van der Waals surface area contributed by atoms with Gasteiger partial charge >= 0.3 is 0 Å². The molecule has 2 N–H and O–H groups in total. The molecule has 1 saturated heterocycles. The number of rotatable bonds is 4. The first-order chi connectivity index (χ1) is 14.6. The fourth-order valence-electron chi connectivity index (χ4n) is 3.68. The van der Waals surface area contributed by atoms with Crippen LogP contribution in [0, 0.1) is 0 Å². The first-order valence-electron chi connectivity index (χ1n) is 9.55. The Morgan fingerprint density at radius 1 is 1.07 bits per heavy atom. The first kappa shape index (κ1) is 19.2. The Labute approximate surface area is 182 Å². The molecule has 1 fully saturated rings. The van der Waals surface area contributed by atoms with Gasteiger partial charge in [0.05, 0.1) is 22.0 Å². The van der Waals surface area contributed by atoms with Crippen LogP contribution in [0.15, 0.2) is 47.2 Å². The number of aromatic nitrogens is 4. The van der Waals surface area contributed by atoms with Crippen LogP contribution >= 0.6 is 23.2 Å². The molecule has 0 amide bonds. The van der Waals surface area contributed by atoms with E-state index in [9.17, 15) is 0 Å². The molecule has 1 aliphatic rings. The topological polar surface area (TPSA) is 88.7 Å². The van der Waals surface area contributed by atoms with Crippen molar-refractivity contribution in [3.63, 3.8) is 0 Å². The number of anilines is 2. The van der Waals surface area contributed by atoms with Crippen molar-refractivity contribution in [2.24, 2.45) is 0 Å². The summed E-state index contributed by atoms with van der Waals surface area (Å²) in [6.45, 7) is 4.15. The fourth-order valence-corrected chi connectivity index (χ4v) is 4.10. The molecule has 10 heteroatoms. The van der Waals surface area contributed by atoms with Gasteiger partial charge in [0.2, 0.25) is 11.8 Å². The molecule has 0 atom stereocenters. The van der Waals surface area contributed by atoms with Crippen LogP contribution in [-0.2, 0) is 6.54 Å². The van der Waals surface area contributed by atoms with Crippen molar-refractivity contribution in [3.8, 4) is 11.6 Å². The second-order valence-corrected chi connectivity index (χ2v) is 7.91. The van der Waals surface area contributed by atoms with Gasteiger partial charge in [-0.25, -0.2) is 9.97 Å². The van der Waals surface area contributed by atoms with Gasteiger partial charge in [-0.2, -0.15) is 4.52 Å². The molecule has 3 aromatic heterocycles. The standard InChI is InChI=1S/C20H19Cl2N7O/c21-14-3-1-4-15(17(14)22)28-8-6-27(7-9-28)12-13-11-24-20(23)29-19(13)25-18(26-29)16-5-2-10-30-16/h1-5,10-11H,6-9,12H2,(H2,23,24). The van der Waals surface area contributed by atoms with Gasteiger partial charge in [-0.1, -0.05) is 29.3 Å². The predicted octanol–water partition coefficient (Wildman–Crippen LogP) is 3.60. The van der Waals surface area contributed by atoms with Crippen molar-refractivity contribution < 1.29 is 4.42 Å². The molecule has 0 unspecified atom stereocenters. The monoisotopic (exact) mass is 443 g/mol. The average Bonchev–Trinajstić information content (AvgIpc) is 3.43. The number of benzene rings is 1. The third kappa shape index (κ3) is 3.47. The molecule has 0 saturated carbocycles. The molecule has 0 bridgehead atoms. The van der Waals surface area contributed by atoms with E-state index in [1.54, 1.807) is 29.1 Å². The highest BCUT2D eigenvalue weighted by atomic mass is 35.5. The lowest BCUT2D eigenvalue weighted by molar-refractivity contribution is 0.250. The van der Waals surface area contributed by atoms with Crippen molar-refractivity contribution >= 4 is 40.5 Å². The summed E-state index contributed by atoms with van der Waals surface area (Å²) in [6, 6.07) is 9.35. The zero-order valence-electron chi connectivity index (χ0n) is 16.0. The van der Waals surface area contributed by atoms with Crippen molar-refractivity contribution in [2.75, 3.05) is 36.8 Å². The second kappa shape index (κ2) is 7.79. The lowest BCUT2D eigenvalue weighted by Crippen LogP contribution is -2.46. The summed E-state index contributed by atoms with van der Waals surface area (Å²) >= 11 is 12.6. The van der Waals surface area contributed by atoms with Crippen LogP contribution in [0.1, 0.15) is 5.56 Å². The molecule has 154 valence electrons. The minimum absolute atomic E-state index is 0.291. The van der Waals surface area contributed by atoms with E-state index in [-0.39, 0.29) is 0 Å². The SMILES string of the molecule is Nc1ncc(CN2CCN(c3cccc(Cl)c3Cl)CC2)c2nc(-c3ccco3)nn12. The molecule has 8 nitrogen and oxygen atoms in total. The second-order valence-electron chi connectivity index (χ2n) is 7.13. The van der Waals surface area contributed by atoms with Crippen LogP contribution in [0.5, 0.6) is 0 Å². The van der Waals surface area contributed by atoms with Gasteiger partial charge in [0, 0.05) is 44.5 Å².